The maximum atomic E-state index is 5.94. The topological polar surface area (TPSA) is 33.7 Å². The number of likely N-dealkylation sites (N-methyl/N-ethyl adjacent to an activating group) is 2. The third kappa shape index (κ3) is 3.94. The summed E-state index contributed by atoms with van der Waals surface area (Å²) in [6.45, 7) is 12.7. The van der Waals surface area contributed by atoms with Crippen LogP contribution in [-0.4, -0.2) is 56.1 Å². The predicted molar refractivity (Wildman–Crippen MR) is 81.8 cm³/mol. The van der Waals surface area contributed by atoms with Crippen molar-refractivity contribution in [3.8, 4) is 0 Å². The van der Waals surface area contributed by atoms with E-state index in [0.717, 1.165) is 45.6 Å². The van der Waals surface area contributed by atoms with Crippen molar-refractivity contribution >= 4 is 0 Å². The summed E-state index contributed by atoms with van der Waals surface area (Å²) in [7, 11) is 2.24. The van der Waals surface area contributed by atoms with Crippen LogP contribution >= 0.6 is 0 Å². The highest BCUT2D eigenvalue weighted by Gasteiger charge is 2.46. The van der Waals surface area contributed by atoms with Gasteiger partial charge in [-0.05, 0) is 25.4 Å². The van der Waals surface area contributed by atoms with E-state index in [0.29, 0.717) is 17.5 Å². The van der Waals surface area contributed by atoms with Crippen LogP contribution in [0.4, 0.5) is 0 Å². The molecule has 0 aromatic carbocycles. The van der Waals surface area contributed by atoms with Gasteiger partial charge in [-0.2, -0.15) is 0 Å². The van der Waals surface area contributed by atoms with Gasteiger partial charge in [0, 0.05) is 31.5 Å². The van der Waals surface area contributed by atoms with Gasteiger partial charge in [-0.25, -0.2) is 0 Å². The average molecular weight is 284 g/mol. The summed E-state index contributed by atoms with van der Waals surface area (Å²) in [5.41, 5.74) is 0.313. The maximum absolute atomic E-state index is 5.94. The molecule has 2 atom stereocenters. The van der Waals surface area contributed by atoms with Crippen LogP contribution in [0.5, 0.6) is 0 Å². The largest absolute Gasteiger partial charge is 0.347 e. The minimum Gasteiger partial charge on any atom is -0.347 e. The highest BCUT2D eigenvalue weighted by atomic mass is 16.7. The van der Waals surface area contributed by atoms with Crippen LogP contribution in [-0.2, 0) is 9.47 Å². The van der Waals surface area contributed by atoms with Crippen molar-refractivity contribution in [1.82, 2.24) is 10.2 Å². The summed E-state index contributed by atoms with van der Waals surface area (Å²) in [6.07, 6.45) is 3.13. The number of hydrogen-bond acceptors (Lipinski definition) is 4. The van der Waals surface area contributed by atoms with Gasteiger partial charge in [0.15, 0.2) is 5.79 Å². The van der Waals surface area contributed by atoms with E-state index in [1.807, 2.05) is 0 Å². The summed E-state index contributed by atoms with van der Waals surface area (Å²) >= 11 is 0. The fraction of sp³-hybridized carbons (Fsp3) is 1.00. The van der Waals surface area contributed by atoms with Crippen molar-refractivity contribution in [2.75, 3.05) is 33.4 Å². The molecule has 1 aliphatic carbocycles. The lowest BCUT2D eigenvalue weighted by atomic mass is 9.83. The van der Waals surface area contributed by atoms with Crippen LogP contribution < -0.4 is 5.32 Å². The zero-order chi connectivity index (χ0) is 14.8. The molecular weight excluding hydrogens is 252 g/mol. The first kappa shape index (κ1) is 16.2. The highest BCUT2D eigenvalue weighted by Crippen LogP contribution is 2.38. The van der Waals surface area contributed by atoms with Crippen molar-refractivity contribution in [2.45, 2.75) is 64.8 Å². The first-order chi connectivity index (χ1) is 9.35. The van der Waals surface area contributed by atoms with Gasteiger partial charge in [-0.1, -0.05) is 27.7 Å². The van der Waals surface area contributed by atoms with E-state index in [9.17, 15) is 0 Å². The summed E-state index contributed by atoms with van der Waals surface area (Å²) in [6, 6.07) is 1.03. The van der Waals surface area contributed by atoms with E-state index >= 15 is 0 Å². The third-order valence-corrected chi connectivity index (χ3v) is 4.39. The Balaban J connectivity index is 2.06. The fourth-order valence-electron chi connectivity index (χ4n) is 3.72. The van der Waals surface area contributed by atoms with E-state index in [1.165, 1.54) is 0 Å². The number of rotatable bonds is 4. The molecular formula is C16H32N2O2. The summed E-state index contributed by atoms with van der Waals surface area (Å²) in [4.78, 5) is 2.50. The van der Waals surface area contributed by atoms with Crippen LogP contribution in [0.2, 0.25) is 0 Å². The Morgan fingerprint density at radius 1 is 1.25 bits per heavy atom. The zero-order valence-electron chi connectivity index (χ0n) is 13.9. The van der Waals surface area contributed by atoms with Crippen molar-refractivity contribution in [3.63, 3.8) is 0 Å². The van der Waals surface area contributed by atoms with Crippen LogP contribution in [0, 0.1) is 5.41 Å². The van der Waals surface area contributed by atoms with Crippen molar-refractivity contribution in [1.29, 1.82) is 0 Å². The number of nitrogens with one attached hydrogen (secondary N) is 1. The fourth-order valence-corrected chi connectivity index (χ4v) is 3.72. The molecule has 4 nitrogen and oxygen atoms in total. The Bertz CT molecular complexity index is 308. The molecule has 20 heavy (non-hydrogen) atoms. The second-order valence-corrected chi connectivity index (χ2v) is 7.56. The van der Waals surface area contributed by atoms with Gasteiger partial charge in [0.05, 0.1) is 13.2 Å². The molecule has 2 aliphatic rings. The molecule has 2 rings (SSSR count). The Kier molecular flexibility index (Phi) is 5.11. The molecule has 0 aromatic rings. The molecule has 0 radical (unpaired) electrons. The average Bonchev–Trinajstić information content (AvgIpc) is 2.78. The SMILES string of the molecule is CCNC1CCC2(CC1N(C)CC(C)(C)C)OCCO2. The monoisotopic (exact) mass is 284 g/mol. The van der Waals surface area contributed by atoms with Crippen LogP contribution in [0.1, 0.15) is 47.0 Å². The normalized spacial score (nSPS) is 30.3. The zero-order valence-corrected chi connectivity index (χ0v) is 13.9. The molecule has 1 saturated carbocycles. The van der Waals surface area contributed by atoms with Crippen LogP contribution in [0.3, 0.4) is 0 Å². The van der Waals surface area contributed by atoms with E-state index in [1.54, 1.807) is 0 Å². The maximum Gasteiger partial charge on any atom is 0.170 e. The highest BCUT2D eigenvalue weighted by molar-refractivity contribution is 4.96. The molecule has 118 valence electrons. The van der Waals surface area contributed by atoms with E-state index in [4.69, 9.17) is 9.47 Å². The minimum atomic E-state index is -0.303. The number of hydrogen-bond donors (Lipinski definition) is 1. The Hall–Kier alpha value is -0.160. The second-order valence-electron chi connectivity index (χ2n) is 7.56. The Labute approximate surface area is 124 Å². The smallest absolute Gasteiger partial charge is 0.170 e. The standard InChI is InChI=1S/C16H32N2O2/c1-6-17-13-7-8-16(19-9-10-20-16)11-14(13)18(5)12-15(2,3)4/h13-14,17H,6-12H2,1-5H3. The molecule has 1 N–H and O–H groups in total. The van der Waals surface area contributed by atoms with Crippen LogP contribution in [0.15, 0.2) is 0 Å². The first-order valence-corrected chi connectivity index (χ1v) is 8.07. The van der Waals surface area contributed by atoms with Crippen LogP contribution in [0.25, 0.3) is 0 Å². The summed E-state index contributed by atoms with van der Waals surface area (Å²) in [5, 5.41) is 3.65. The van der Waals surface area contributed by atoms with E-state index in [-0.39, 0.29) is 5.79 Å². The molecule has 1 spiro atoms. The Morgan fingerprint density at radius 3 is 2.45 bits per heavy atom. The molecule has 1 saturated heterocycles. The van der Waals surface area contributed by atoms with E-state index in [2.05, 4.69) is 45.0 Å². The third-order valence-electron chi connectivity index (χ3n) is 4.39. The molecule has 4 heteroatoms. The predicted octanol–water partition coefficient (Wildman–Crippen LogP) is 2.24. The second kappa shape index (κ2) is 6.30. The van der Waals surface area contributed by atoms with Gasteiger partial charge in [-0.15, -0.1) is 0 Å². The summed E-state index contributed by atoms with van der Waals surface area (Å²) < 4.78 is 11.9. The van der Waals surface area contributed by atoms with E-state index < -0.39 is 0 Å². The molecule has 0 aromatic heterocycles. The minimum absolute atomic E-state index is 0.303. The van der Waals surface area contributed by atoms with Crippen molar-refractivity contribution < 1.29 is 9.47 Å². The quantitative estimate of drug-likeness (QED) is 0.858. The lowest BCUT2D eigenvalue weighted by Gasteiger charge is -2.46. The summed E-state index contributed by atoms with van der Waals surface area (Å²) in [5.74, 6) is -0.303. The molecule has 0 bridgehead atoms. The van der Waals surface area contributed by atoms with Gasteiger partial charge >= 0.3 is 0 Å². The Morgan fingerprint density at radius 2 is 1.90 bits per heavy atom. The van der Waals surface area contributed by atoms with Gasteiger partial charge in [0.1, 0.15) is 0 Å². The van der Waals surface area contributed by atoms with Crippen molar-refractivity contribution in [3.05, 3.63) is 0 Å². The van der Waals surface area contributed by atoms with Gasteiger partial charge in [-0.3, -0.25) is 0 Å². The molecule has 0 amide bonds. The molecule has 1 heterocycles. The van der Waals surface area contributed by atoms with Gasteiger partial charge < -0.3 is 19.7 Å². The molecule has 2 fully saturated rings. The number of nitrogens with zero attached hydrogens (tertiary/aromatic N) is 1. The van der Waals surface area contributed by atoms with Gasteiger partial charge in [0.2, 0.25) is 0 Å². The van der Waals surface area contributed by atoms with Gasteiger partial charge in [0.25, 0.3) is 0 Å². The lowest BCUT2D eigenvalue weighted by Crippen LogP contribution is -2.57. The van der Waals surface area contributed by atoms with Crippen molar-refractivity contribution in [2.24, 2.45) is 5.41 Å². The number of ether oxygens (including phenoxy) is 2. The molecule has 2 unspecified atom stereocenters. The first-order valence-electron chi connectivity index (χ1n) is 8.07. The molecule has 1 aliphatic heterocycles. The lowest BCUT2D eigenvalue weighted by molar-refractivity contribution is -0.193.